The van der Waals surface area contributed by atoms with Crippen molar-refractivity contribution in [1.29, 1.82) is 0 Å². The standard InChI is InChI=1S/C20H28O3/c1-10(2)8-14-9-12(4)15-7-6-11(3)16-17(15)20(14,23)13(5)18(21)19(16)22/h8,11-12,14-15,21,23H,6-7,9H2,1-5H3/t11-,12-,14-,15+,20+/m0/s1. The number of allylic oxidation sites excluding steroid dienone is 2. The fourth-order valence-electron chi connectivity index (χ4n) is 5.07. The van der Waals surface area contributed by atoms with Crippen LogP contribution in [0.3, 0.4) is 0 Å². The number of hydrogen-bond acceptors (Lipinski definition) is 3. The lowest BCUT2D eigenvalue weighted by atomic mass is 9.53. The van der Waals surface area contributed by atoms with E-state index in [9.17, 15) is 15.0 Å². The van der Waals surface area contributed by atoms with Crippen LogP contribution >= 0.6 is 0 Å². The minimum Gasteiger partial charge on any atom is -0.504 e. The lowest BCUT2D eigenvalue weighted by Gasteiger charge is -2.53. The molecule has 0 aliphatic heterocycles. The zero-order valence-electron chi connectivity index (χ0n) is 14.8. The molecular formula is C20H28O3. The van der Waals surface area contributed by atoms with Crippen molar-refractivity contribution in [2.75, 3.05) is 0 Å². The first-order valence-electron chi connectivity index (χ1n) is 8.76. The lowest BCUT2D eigenvalue weighted by Crippen LogP contribution is -2.54. The SMILES string of the molecule is CC(C)=C[C@H]1C[C@H](C)[C@H]2CC[C@H](C)C3=C2[C@@]1(O)C(C)=C(O)C3=O. The molecule has 0 unspecified atom stereocenters. The van der Waals surface area contributed by atoms with Crippen LogP contribution in [-0.2, 0) is 4.79 Å². The van der Waals surface area contributed by atoms with E-state index in [0.29, 0.717) is 17.1 Å². The van der Waals surface area contributed by atoms with Gasteiger partial charge in [0, 0.05) is 17.1 Å². The van der Waals surface area contributed by atoms with Gasteiger partial charge >= 0.3 is 0 Å². The molecule has 0 saturated heterocycles. The summed E-state index contributed by atoms with van der Waals surface area (Å²) in [4.78, 5) is 12.7. The zero-order chi connectivity index (χ0) is 17.1. The number of ketones is 1. The van der Waals surface area contributed by atoms with Gasteiger partial charge in [-0.3, -0.25) is 4.79 Å². The van der Waals surface area contributed by atoms with Crippen molar-refractivity contribution < 1.29 is 15.0 Å². The zero-order valence-corrected chi connectivity index (χ0v) is 14.8. The molecule has 0 amide bonds. The number of rotatable bonds is 1. The third-order valence-electron chi connectivity index (χ3n) is 6.25. The summed E-state index contributed by atoms with van der Waals surface area (Å²) in [7, 11) is 0. The van der Waals surface area contributed by atoms with Crippen molar-refractivity contribution in [3.05, 3.63) is 34.1 Å². The first-order chi connectivity index (χ1) is 10.7. The van der Waals surface area contributed by atoms with Gasteiger partial charge in [-0.15, -0.1) is 0 Å². The van der Waals surface area contributed by atoms with Crippen LogP contribution < -0.4 is 0 Å². The molecule has 2 N–H and O–H groups in total. The van der Waals surface area contributed by atoms with Gasteiger partial charge in [-0.05, 0) is 63.4 Å². The summed E-state index contributed by atoms with van der Waals surface area (Å²) >= 11 is 0. The Labute approximate surface area is 138 Å². The number of aliphatic hydroxyl groups is 2. The van der Waals surface area contributed by atoms with Crippen molar-refractivity contribution in [3.8, 4) is 0 Å². The van der Waals surface area contributed by atoms with Gasteiger partial charge in [0.25, 0.3) is 0 Å². The quantitative estimate of drug-likeness (QED) is 0.716. The minimum absolute atomic E-state index is 0.0794. The number of Topliss-reactive ketones (excluding diaryl/α,β-unsaturated/α-hetero) is 1. The van der Waals surface area contributed by atoms with Gasteiger partial charge in [0.15, 0.2) is 5.76 Å². The Hall–Kier alpha value is -1.35. The van der Waals surface area contributed by atoms with Crippen LogP contribution in [0.4, 0.5) is 0 Å². The minimum atomic E-state index is -1.20. The average molecular weight is 316 g/mol. The Morgan fingerprint density at radius 2 is 1.91 bits per heavy atom. The fraction of sp³-hybridized carbons (Fsp3) is 0.650. The van der Waals surface area contributed by atoms with Gasteiger partial charge in [-0.25, -0.2) is 0 Å². The smallest absolute Gasteiger partial charge is 0.223 e. The van der Waals surface area contributed by atoms with E-state index in [4.69, 9.17) is 0 Å². The molecule has 23 heavy (non-hydrogen) atoms. The molecule has 0 radical (unpaired) electrons. The van der Waals surface area contributed by atoms with E-state index in [1.807, 2.05) is 20.8 Å². The lowest BCUT2D eigenvalue weighted by molar-refractivity contribution is -0.117. The molecule has 0 bridgehead atoms. The molecule has 3 heteroatoms. The van der Waals surface area contributed by atoms with Gasteiger partial charge in [0.2, 0.25) is 5.78 Å². The first kappa shape index (κ1) is 16.5. The van der Waals surface area contributed by atoms with Crippen molar-refractivity contribution in [3.63, 3.8) is 0 Å². The molecule has 1 saturated carbocycles. The molecule has 3 rings (SSSR count). The molecule has 0 aromatic carbocycles. The molecule has 0 heterocycles. The maximum Gasteiger partial charge on any atom is 0.223 e. The van der Waals surface area contributed by atoms with Crippen LogP contribution in [0.1, 0.15) is 53.9 Å². The summed E-state index contributed by atoms with van der Waals surface area (Å²) in [6, 6.07) is 0. The van der Waals surface area contributed by atoms with E-state index in [2.05, 4.69) is 13.0 Å². The average Bonchev–Trinajstić information content (AvgIpc) is 2.48. The molecule has 0 aromatic heterocycles. The Morgan fingerprint density at radius 1 is 1.26 bits per heavy atom. The second-order valence-corrected chi connectivity index (χ2v) is 8.04. The van der Waals surface area contributed by atoms with Crippen molar-refractivity contribution in [2.45, 2.75) is 59.5 Å². The van der Waals surface area contributed by atoms with Crippen LogP contribution in [0, 0.1) is 23.7 Å². The Morgan fingerprint density at radius 3 is 2.52 bits per heavy atom. The highest BCUT2D eigenvalue weighted by molar-refractivity contribution is 6.10. The van der Waals surface area contributed by atoms with Crippen LogP contribution in [0.5, 0.6) is 0 Å². The van der Waals surface area contributed by atoms with E-state index in [1.165, 1.54) is 0 Å². The summed E-state index contributed by atoms with van der Waals surface area (Å²) in [6.45, 7) is 10.1. The number of hydrogen-bond donors (Lipinski definition) is 2. The molecule has 126 valence electrons. The van der Waals surface area contributed by atoms with Gasteiger partial charge in [0.05, 0.1) is 0 Å². The van der Waals surface area contributed by atoms with E-state index in [-0.39, 0.29) is 29.3 Å². The number of carbonyl (C=O) groups excluding carboxylic acids is 1. The summed E-state index contributed by atoms with van der Waals surface area (Å²) in [6.07, 6.45) is 4.97. The Bertz CT molecular complexity index is 648. The molecule has 3 aliphatic carbocycles. The Balaban J connectivity index is 2.29. The van der Waals surface area contributed by atoms with Crippen molar-refractivity contribution in [1.82, 2.24) is 0 Å². The molecular weight excluding hydrogens is 288 g/mol. The summed E-state index contributed by atoms with van der Waals surface area (Å²) < 4.78 is 0. The van der Waals surface area contributed by atoms with Crippen LogP contribution in [-0.4, -0.2) is 21.6 Å². The third kappa shape index (κ3) is 2.16. The monoisotopic (exact) mass is 316 g/mol. The first-order valence-corrected chi connectivity index (χ1v) is 8.76. The molecule has 1 fully saturated rings. The van der Waals surface area contributed by atoms with Crippen molar-refractivity contribution in [2.24, 2.45) is 23.7 Å². The highest BCUT2D eigenvalue weighted by Crippen LogP contribution is 2.57. The van der Waals surface area contributed by atoms with Crippen molar-refractivity contribution >= 4 is 5.78 Å². The number of carbonyl (C=O) groups is 1. The van der Waals surface area contributed by atoms with Crippen LogP contribution in [0.25, 0.3) is 0 Å². The second kappa shape index (κ2) is 5.34. The molecule has 3 nitrogen and oxygen atoms in total. The Kier molecular flexibility index (Phi) is 3.83. The molecule has 0 aromatic rings. The maximum absolute atomic E-state index is 12.7. The molecule has 5 atom stereocenters. The van der Waals surface area contributed by atoms with E-state index in [1.54, 1.807) is 6.92 Å². The van der Waals surface area contributed by atoms with Crippen LogP contribution in [0.2, 0.25) is 0 Å². The fourth-order valence-corrected chi connectivity index (χ4v) is 5.07. The highest BCUT2D eigenvalue weighted by atomic mass is 16.3. The summed E-state index contributed by atoms with van der Waals surface area (Å²) in [5.41, 5.74) is 2.00. The van der Waals surface area contributed by atoms with E-state index < -0.39 is 5.60 Å². The highest BCUT2D eigenvalue weighted by Gasteiger charge is 2.56. The summed E-state index contributed by atoms with van der Waals surface area (Å²) in [5.74, 6) is 0.219. The van der Waals surface area contributed by atoms with Gasteiger partial charge in [-0.1, -0.05) is 25.5 Å². The molecule has 3 aliphatic rings. The van der Waals surface area contributed by atoms with Crippen LogP contribution in [0.15, 0.2) is 34.1 Å². The van der Waals surface area contributed by atoms with E-state index in [0.717, 1.165) is 30.4 Å². The predicted octanol–water partition coefficient (Wildman–Crippen LogP) is 4.10. The normalized spacial score (nSPS) is 40.2. The maximum atomic E-state index is 12.7. The third-order valence-corrected chi connectivity index (χ3v) is 6.25. The predicted molar refractivity (Wildman–Crippen MR) is 90.9 cm³/mol. The van der Waals surface area contributed by atoms with Gasteiger partial charge in [-0.2, -0.15) is 0 Å². The molecule has 0 spiro atoms. The second-order valence-electron chi connectivity index (χ2n) is 8.04. The summed E-state index contributed by atoms with van der Waals surface area (Å²) in [5, 5.41) is 22.1. The largest absolute Gasteiger partial charge is 0.504 e. The van der Waals surface area contributed by atoms with E-state index >= 15 is 0 Å². The van der Waals surface area contributed by atoms with Gasteiger partial charge in [0.1, 0.15) is 5.60 Å². The topological polar surface area (TPSA) is 57.5 Å². The number of aliphatic hydroxyl groups excluding tert-OH is 1. The van der Waals surface area contributed by atoms with Gasteiger partial charge < -0.3 is 10.2 Å².